The van der Waals surface area contributed by atoms with Crippen molar-refractivity contribution >= 4 is 18.4 Å². The lowest BCUT2D eigenvalue weighted by atomic mass is 9.83. The summed E-state index contributed by atoms with van der Waals surface area (Å²) in [4.78, 5) is 11.1. The second-order valence-electron chi connectivity index (χ2n) is 3.92. The average Bonchev–Trinajstić information content (AvgIpc) is 2.04. The second-order valence-corrected chi connectivity index (χ2v) is 4.54. The molecule has 64 valence electrons. The Morgan fingerprint density at radius 1 is 1.64 bits per heavy atom. The van der Waals surface area contributed by atoms with E-state index in [9.17, 15) is 4.79 Å². The molecule has 1 rings (SSSR count). The van der Waals surface area contributed by atoms with Crippen LogP contribution in [0.15, 0.2) is 0 Å². The van der Waals surface area contributed by atoms with Gasteiger partial charge < -0.3 is 0 Å². The number of ketones is 1. The van der Waals surface area contributed by atoms with Crippen molar-refractivity contribution in [3.8, 4) is 0 Å². The molecule has 3 heteroatoms. The Balaban J connectivity index is 2.74. The number of nitrogens with one attached hydrogen (secondary N) is 1. The normalized spacial score (nSPS) is 35.6. The predicted molar refractivity (Wildman–Crippen MR) is 48.8 cm³/mol. The first kappa shape index (κ1) is 9.07. The smallest absolute Gasteiger partial charge is 0.147 e. The molecule has 0 aromatic heterocycles. The first-order chi connectivity index (χ1) is 4.93. The third kappa shape index (κ3) is 1.76. The highest BCUT2D eigenvalue weighted by Crippen LogP contribution is 2.34. The maximum atomic E-state index is 11.1. The third-order valence-corrected chi connectivity index (χ3v) is 2.60. The maximum absolute atomic E-state index is 11.1. The van der Waals surface area contributed by atoms with Crippen molar-refractivity contribution in [1.82, 2.24) is 5.32 Å². The van der Waals surface area contributed by atoms with Crippen LogP contribution in [0.1, 0.15) is 27.2 Å². The first-order valence-electron chi connectivity index (χ1n) is 3.88. The quantitative estimate of drug-likeness (QED) is 0.584. The SMILES string of the molecule is CC(=O)[C@H]1N[C@@H](S)CC1(C)C. The standard InChI is InChI=1S/C8H15NOS/c1-5(10)7-8(2,3)4-6(11)9-7/h6-7,9,11H,4H2,1-3H3/t6-,7+/m0/s1. The summed E-state index contributed by atoms with van der Waals surface area (Å²) in [5.74, 6) is 0.214. The number of thiol groups is 1. The van der Waals surface area contributed by atoms with Gasteiger partial charge in [-0.1, -0.05) is 13.8 Å². The highest BCUT2D eigenvalue weighted by atomic mass is 32.1. The van der Waals surface area contributed by atoms with E-state index in [-0.39, 0.29) is 22.6 Å². The number of hydrogen-bond donors (Lipinski definition) is 2. The summed E-state index contributed by atoms with van der Waals surface area (Å²) in [6.45, 7) is 5.83. The van der Waals surface area contributed by atoms with Crippen molar-refractivity contribution in [2.24, 2.45) is 5.41 Å². The molecule has 0 aromatic carbocycles. The fourth-order valence-corrected chi connectivity index (χ4v) is 2.38. The molecule has 11 heavy (non-hydrogen) atoms. The highest BCUT2D eigenvalue weighted by molar-refractivity contribution is 7.80. The molecule has 0 radical (unpaired) electrons. The van der Waals surface area contributed by atoms with Crippen LogP contribution in [-0.2, 0) is 4.79 Å². The summed E-state index contributed by atoms with van der Waals surface area (Å²) in [6, 6.07) is -0.00926. The summed E-state index contributed by atoms with van der Waals surface area (Å²) in [6.07, 6.45) is 0.959. The molecule has 0 saturated carbocycles. The van der Waals surface area contributed by atoms with Gasteiger partial charge in [-0.25, -0.2) is 0 Å². The Morgan fingerprint density at radius 3 is 2.36 bits per heavy atom. The van der Waals surface area contributed by atoms with Crippen molar-refractivity contribution in [2.75, 3.05) is 0 Å². The molecule has 0 aromatic rings. The van der Waals surface area contributed by atoms with Gasteiger partial charge in [0.25, 0.3) is 0 Å². The van der Waals surface area contributed by atoms with Crippen LogP contribution in [0.25, 0.3) is 0 Å². The van der Waals surface area contributed by atoms with Gasteiger partial charge in [-0.2, -0.15) is 12.6 Å². The Morgan fingerprint density at radius 2 is 2.18 bits per heavy atom. The molecule has 1 saturated heterocycles. The van der Waals surface area contributed by atoms with E-state index in [2.05, 4.69) is 31.8 Å². The molecule has 0 aliphatic carbocycles. The van der Waals surface area contributed by atoms with Crippen LogP contribution in [-0.4, -0.2) is 17.2 Å². The van der Waals surface area contributed by atoms with E-state index in [0.29, 0.717) is 0 Å². The van der Waals surface area contributed by atoms with E-state index in [0.717, 1.165) is 6.42 Å². The molecule has 0 unspecified atom stereocenters. The predicted octanol–water partition coefficient (Wildman–Crippen LogP) is 1.22. The minimum atomic E-state index is -0.00926. The summed E-state index contributed by atoms with van der Waals surface area (Å²) in [5.41, 5.74) is 0.0677. The van der Waals surface area contributed by atoms with Gasteiger partial charge in [-0.3, -0.25) is 10.1 Å². The summed E-state index contributed by atoms with van der Waals surface area (Å²) in [5, 5.41) is 3.34. The highest BCUT2D eigenvalue weighted by Gasteiger charge is 2.40. The zero-order valence-electron chi connectivity index (χ0n) is 7.22. The number of carbonyl (C=O) groups excluding carboxylic acids is 1. The molecule has 0 amide bonds. The van der Waals surface area contributed by atoms with Crippen LogP contribution in [0, 0.1) is 5.41 Å². The second kappa shape index (κ2) is 2.79. The third-order valence-electron chi connectivity index (χ3n) is 2.27. The number of rotatable bonds is 1. The summed E-state index contributed by atoms with van der Waals surface area (Å²) < 4.78 is 0. The van der Waals surface area contributed by atoms with Crippen LogP contribution in [0.3, 0.4) is 0 Å². The molecule has 1 fully saturated rings. The fraction of sp³-hybridized carbons (Fsp3) is 0.875. The van der Waals surface area contributed by atoms with E-state index in [1.54, 1.807) is 6.92 Å². The van der Waals surface area contributed by atoms with Gasteiger partial charge in [0.15, 0.2) is 0 Å². The minimum Gasteiger partial charge on any atom is -0.298 e. The number of carbonyl (C=O) groups is 1. The van der Waals surface area contributed by atoms with E-state index in [4.69, 9.17) is 0 Å². The van der Waals surface area contributed by atoms with Crippen LogP contribution in [0.5, 0.6) is 0 Å². The van der Waals surface area contributed by atoms with Crippen LogP contribution < -0.4 is 5.32 Å². The molecular formula is C8H15NOS. The largest absolute Gasteiger partial charge is 0.298 e. The monoisotopic (exact) mass is 173 g/mol. The molecule has 0 bridgehead atoms. The fourth-order valence-electron chi connectivity index (χ4n) is 1.76. The van der Waals surface area contributed by atoms with E-state index in [1.165, 1.54) is 0 Å². The van der Waals surface area contributed by atoms with Gasteiger partial charge in [-0.15, -0.1) is 0 Å². The minimum absolute atomic E-state index is 0.00926. The lowest BCUT2D eigenvalue weighted by Gasteiger charge is -2.23. The van der Waals surface area contributed by atoms with Crippen LogP contribution in [0.2, 0.25) is 0 Å². The van der Waals surface area contributed by atoms with Gasteiger partial charge >= 0.3 is 0 Å². The molecule has 1 heterocycles. The van der Waals surface area contributed by atoms with Crippen molar-refractivity contribution < 1.29 is 4.79 Å². The van der Waals surface area contributed by atoms with Gasteiger partial charge in [-0.05, 0) is 18.8 Å². The zero-order valence-corrected chi connectivity index (χ0v) is 8.11. The molecule has 1 N–H and O–H groups in total. The van der Waals surface area contributed by atoms with E-state index < -0.39 is 0 Å². The maximum Gasteiger partial charge on any atom is 0.147 e. The van der Waals surface area contributed by atoms with Gasteiger partial charge in [0.2, 0.25) is 0 Å². The lowest BCUT2D eigenvalue weighted by molar-refractivity contribution is -0.120. The van der Waals surface area contributed by atoms with Crippen LogP contribution in [0.4, 0.5) is 0 Å². The van der Waals surface area contributed by atoms with Crippen molar-refractivity contribution in [3.05, 3.63) is 0 Å². The van der Waals surface area contributed by atoms with Crippen molar-refractivity contribution in [2.45, 2.75) is 38.6 Å². The Hall–Kier alpha value is -0.0200. The summed E-state index contributed by atoms with van der Waals surface area (Å²) in [7, 11) is 0. The molecule has 0 spiro atoms. The summed E-state index contributed by atoms with van der Waals surface area (Å²) >= 11 is 4.30. The van der Waals surface area contributed by atoms with Gasteiger partial charge in [0, 0.05) is 0 Å². The number of hydrogen-bond acceptors (Lipinski definition) is 3. The molecule has 2 atom stereocenters. The Kier molecular flexibility index (Phi) is 2.30. The first-order valence-corrected chi connectivity index (χ1v) is 4.40. The molecule has 2 nitrogen and oxygen atoms in total. The molecule has 1 aliphatic rings. The average molecular weight is 173 g/mol. The Bertz CT molecular complexity index is 179. The van der Waals surface area contributed by atoms with E-state index >= 15 is 0 Å². The zero-order chi connectivity index (χ0) is 8.65. The lowest BCUT2D eigenvalue weighted by Crippen LogP contribution is -2.39. The van der Waals surface area contributed by atoms with Crippen molar-refractivity contribution in [3.63, 3.8) is 0 Å². The van der Waals surface area contributed by atoms with Crippen LogP contribution >= 0.6 is 12.6 Å². The Labute approximate surface area is 73.2 Å². The molecular weight excluding hydrogens is 158 g/mol. The molecule has 1 aliphatic heterocycles. The number of Topliss-reactive ketones (excluding diaryl/α,β-unsaturated/α-hetero) is 1. The van der Waals surface area contributed by atoms with E-state index in [1.807, 2.05) is 0 Å². The topological polar surface area (TPSA) is 29.1 Å². The van der Waals surface area contributed by atoms with Gasteiger partial charge in [0.1, 0.15) is 5.78 Å². The van der Waals surface area contributed by atoms with Crippen molar-refractivity contribution in [1.29, 1.82) is 0 Å². The van der Waals surface area contributed by atoms with Gasteiger partial charge in [0.05, 0.1) is 11.4 Å².